The molecule has 7 nitrogen and oxygen atoms in total. The third-order valence-electron chi connectivity index (χ3n) is 10.1. The molecular weight excluding hydrogens is 616 g/mol. The first-order valence-corrected chi connectivity index (χ1v) is 17.0. The van der Waals surface area contributed by atoms with Crippen LogP contribution in [0.1, 0.15) is 42.4 Å². The summed E-state index contributed by atoms with van der Waals surface area (Å²) in [5, 5.41) is 8.56. The van der Waals surface area contributed by atoms with Gasteiger partial charge in [-0.15, -0.1) is 0 Å². The van der Waals surface area contributed by atoms with Crippen molar-refractivity contribution in [2.75, 3.05) is 20.3 Å². The van der Waals surface area contributed by atoms with Crippen LogP contribution in [0.3, 0.4) is 0 Å². The maximum Gasteiger partial charge on any atom is 0.335 e. The highest BCUT2D eigenvalue weighted by atomic mass is 16.6. The molecule has 2 atom stereocenters. The van der Waals surface area contributed by atoms with E-state index in [1.807, 2.05) is 18.2 Å². The van der Waals surface area contributed by atoms with Gasteiger partial charge in [0.05, 0.1) is 33.5 Å². The summed E-state index contributed by atoms with van der Waals surface area (Å²) in [7, 11) is 1.71. The fourth-order valence-electron chi connectivity index (χ4n) is 7.58. The van der Waals surface area contributed by atoms with E-state index >= 15 is 0 Å². The fraction of sp³-hybridized carbons (Fsp3) is 0.286. The van der Waals surface area contributed by atoms with Crippen LogP contribution in [0.15, 0.2) is 84.9 Å². The van der Waals surface area contributed by atoms with E-state index in [4.69, 9.17) is 23.7 Å². The number of ether oxygens (including phenoxy) is 5. The van der Waals surface area contributed by atoms with Crippen molar-refractivity contribution in [1.29, 1.82) is 0 Å². The summed E-state index contributed by atoms with van der Waals surface area (Å²) in [6, 6.07) is 29.6. The van der Waals surface area contributed by atoms with Gasteiger partial charge in [0.2, 0.25) is 0 Å². The van der Waals surface area contributed by atoms with Crippen LogP contribution in [-0.4, -0.2) is 44.5 Å². The Hall–Kier alpha value is -4.98. The quantitative estimate of drug-likeness (QED) is 0.120. The van der Waals surface area contributed by atoms with Gasteiger partial charge in [-0.2, -0.15) is 0 Å². The van der Waals surface area contributed by atoms with Crippen LogP contribution in [0.4, 0.5) is 0 Å². The van der Waals surface area contributed by atoms with E-state index in [-0.39, 0.29) is 18.5 Å². The molecule has 0 aliphatic carbocycles. The molecule has 2 unspecified atom stereocenters. The van der Waals surface area contributed by atoms with Crippen LogP contribution in [-0.2, 0) is 41.8 Å². The molecule has 248 valence electrons. The predicted molar refractivity (Wildman–Crippen MR) is 191 cm³/mol. The van der Waals surface area contributed by atoms with Crippen molar-refractivity contribution < 1.29 is 33.3 Å². The lowest BCUT2D eigenvalue weighted by Gasteiger charge is -2.23. The molecule has 8 rings (SSSR count). The number of methoxy groups -OCH3 is 1. The molecular formula is C42H38O7. The number of cyclic esters (lactones) is 2. The number of hydrogen-bond donors (Lipinski definition) is 0. The molecule has 6 aromatic carbocycles. The van der Waals surface area contributed by atoms with Gasteiger partial charge in [-0.3, -0.25) is 0 Å². The third kappa shape index (κ3) is 5.67. The molecule has 2 aliphatic rings. The summed E-state index contributed by atoms with van der Waals surface area (Å²) in [5.41, 5.74) is 5.41. The SMILES string of the molecule is COc1c2ccccc2c(COC2CCCOC2=O)c2ccc(-c3ccc4c(COC5CCCOC5=O)c5ccccc5c(C)c4c3)cc12. The molecule has 2 aliphatic heterocycles. The standard InChI is InChI=1S/C42H38O7/c1-25-28-9-3-4-10-29(28)36(23-48-38-13-7-19-46-41(38)43)31-17-15-26(21-34(25)31)27-16-18-32-35(22-27)40(45-2)33-12-6-5-11-30(33)37(32)24-49-39-14-8-20-47-42(39)44/h3-6,9-12,15-18,21-22,38-39H,7-8,13-14,19-20,23-24H2,1-2H3. The van der Waals surface area contributed by atoms with E-state index < -0.39 is 12.2 Å². The number of aryl methyl sites for hydroxylation is 1. The van der Waals surface area contributed by atoms with Crippen molar-refractivity contribution >= 4 is 55.0 Å². The molecule has 0 radical (unpaired) electrons. The zero-order valence-corrected chi connectivity index (χ0v) is 27.8. The summed E-state index contributed by atoms with van der Waals surface area (Å²) in [6.07, 6.45) is 1.84. The average molecular weight is 655 g/mol. The van der Waals surface area contributed by atoms with Crippen LogP contribution in [0.5, 0.6) is 5.75 Å². The maximum atomic E-state index is 12.4. The summed E-state index contributed by atoms with van der Waals surface area (Å²) in [5.74, 6) is 0.234. The van der Waals surface area contributed by atoms with Gasteiger partial charge in [-0.05, 0) is 105 Å². The zero-order chi connectivity index (χ0) is 33.5. The minimum atomic E-state index is -0.562. The smallest absolute Gasteiger partial charge is 0.335 e. The van der Waals surface area contributed by atoms with Crippen LogP contribution in [0, 0.1) is 6.92 Å². The number of esters is 2. The van der Waals surface area contributed by atoms with Gasteiger partial charge in [0.15, 0.2) is 12.2 Å². The van der Waals surface area contributed by atoms with E-state index in [9.17, 15) is 9.59 Å². The Labute approximate surface area is 284 Å². The molecule has 0 amide bonds. The van der Waals surface area contributed by atoms with Gasteiger partial charge in [0.25, 0.3) is 0 Å². The van der Waals surface area contributed by atoms with Gasteiger partial charge in [-0.1, -0.05) is 72.8 Å². The maximum absolute atomic E-state index is 12.4. The Morgan fingerprint density at radius 2 is 1.06 bits per heavy atom. The summed E-state index contributed by atoms with van der Waals surface area (Å²) in [4.78, 5) is 24.8. The monoisotopic (exact) mass is 654 g/mol. The van der Waals surface area contributed by atoms with E-state index in [0.717, 1.165) is 83.9 Å². The second-order valence-electron chi connectivity index (χ2n) is 12.9. The van der Waals surface area contributed by atoms with Crippen molar-refractivity contribution in [3.05, 3.63) is 102 Å². The highest BCUT2D eigenvalue weighted by Gasteiger charge is 2.27. The lowest BCUT2D eigenvalue weighted by atomic mass is 9.89. The Bertz CT molecular complexity index is 2250. The molecule has 0 spiro atoms. The van der Waals surface area contributed by atoms with Gasteiger partial charge in [0.1, 0.15) is 5.75 Å². The molecule has 0 saturated carbocycles. The Morgan fingerprint density at radius 1 is 0.592 bits per heavy atom. The van der Waals surface area contributed by atoms with Gasteiger partial charge in [-0.25, -0.2) is 9.59 Å². The van der Waals surface area contributed by atoms with E-state index in [0.29, 0.717) is 32.7 Å². The minimum absolute atomic E-state index is 0.278. The lowest BCUT2D eigenvalue weighted by molar-refractivity contribution is -0.164. The molecule has 6 aromatic rings. The molecule has 0 bridgehead atoms. The Kier molecular flexibility index (Phi) is 8.40. The Morgan fingerprint density at radius 3 is 1.61 bits per heavy atom. The second kappa shape index (κ2) is 13.1. The molecule has 7 heteroatoms. The highest BCUT2D eigenvalue weighted by molar-refractivity contribution is 6.10. The average Bonchev–Trinajstić information content (AvgIpc) is 3.14. The molecule has 2 saturated heterocycles. The van der Waals surface area contributed by atoms with Gasteiger partial charge >= 0.3 is 11.9 Å². The van der Waals surface area contributed by atoms with Crippen LogP contribution in [0.25, 0.3) is 54.2 Å². The lowest BCUT2D eigenvalue weighted by Crippen LogP contribution is -2.31. The van der Waals surface area contributed by atoms with Crippen molar-refractivity contribution in [3.8, 4) is 16.9 Å². The first kappa shape index (κ1) is 31.3. The van der Waals surface area contributed by atoms with Crippen molar-refractivity contribution in [2.24, 2.45) is 0 Å². The summed E-state index contributed by atoms with van der Waals surface area (Å²) >= 11 is 0. The Balaban J connectivity index is 1.23. The minimum Gasteiger partial charge on any atom is -0.495 e. The predicted octanol–water partition coefficient (Wildman–Crippen LogP) is 8.73. The van der Waals surface area contributed by atoms with Crippen molar-refractivity contribution in [2.45, 2.75) is 58.0 Å². The number of benzene rings is 6. The van der Waals surface area contributed by atoms with Gasteiger partial charge in [0, 0.05) is 10.8 Å². The number of hydrogen-bond acceptors (Lipinski definition) is 7. The van der Waals surface area contributed by atoms with E-state index in [1.54, 1.807) is 7.11 Å². The van der Waals surface area contributed by atoms with Gasteiger partial charge < -0.3 is 23.7 Å². The molecule has 2 fully saturated rings. The van der Waals surface area contributed by atoms with Crippen molar-refractivity contribution in [1.82, 2.24) is 0 Å². The zero-order valence-electron chi connectivity index (χ0n) is 27.8. The second-order valence-corrected chi connectivity index (χ2v) is 12.9. The molecule has 0 aromatic heterocycles. The van der Waals surface area contributed by atoms with Crippen molar-refractivity contribution in [3.63, 3.8) is 0 Å². The largest absolute Gasteiger partial charge is 0.495 e. The summed E-state index contributed by atoms with van der Waals surface area (Å²) < 4.78 is 29.0. The van der Waals surface area contributed by atoms with Crippen LogP contribution in [0.2, 0.25) is 0 Å². The first-order valence-electron chi connectivity index (χ1n) is 17.0. The van der Waals surface area contributed by atoms with Crippen LogP contribution >= 0.6 is 0 Å². The topological polar surface area (TPSA) is 80.3 Å². The first-order chi connectivity index (χ1) is 24.0. The highest BCUT2D eigenvalue weighted by Crippen LogP contribution is 2.42. The number of fused-ring (bicyclic) bond motifs is 4. The number of carbonyl (C=O) groups excluding carboxylic acids is 2. The fourth-order valence-corrected chi connectivity index (χ4v) is 7.58. The normalized spacial score (nSPS) is 18.2. The van der Waals surface area contributed by atoms with E-state index in [2.05, 4.69) is 73.7 Å². The number of rotatable bonds is 8. The molecule has 49 heavy (non-hydrogen) atoms. The molecule has 0 N–H and O–H groups in total. The number of carbonyl (C=O) groups is 2. The van der Waals surface area contributed by atoms with E-state index in [1.165, 1.54) is 5.56 Å². The molecule has 2 heterocycles. The van der Waals surface area contributed by atoms with Crippen LogP contribution < -0.4 is 4.74 Å². The third-order valence-corrected chi connectivity index (χ3v) is 10.1. The summed E-state index contributed by atoms with van der Waals surface area (Å²) in [6.45, 7) is 3.68.